The van der Waals surface area contributed by atoms with Gasteiger partial charge in [-0.3, -0.25) is 9.11 Å². The monoisotopic (exact) mass is 444 g/mol. The number of rotatable bonds is 2. The van der Waals surface area contributed by atoms with Crippen molar-refractivity contribution >= 4 is 65.1 Å². The fourth-order valence-electron chi connectivity index (χ4n) is 3.38. The van der Waals surface area contributed by atoms with Crippen molar-refractivity contribution < 1.29 is 25.9 Å². The number of aromatic nitrogens is 2. The van der Waals surface area contributed by atoms with Crippen molar-refractivity contribution in [3.63, 3.8) is 0 Å². The van der Waals surface area contributed by atoms with Gasteiger partial charge in [0.05, 0.1) is 44.2 Å². The van der Waals surface area contributed by atoms with Crippen molar-refractivity contribution in [2.45, 2.75) is 9.79 Å². The Hall–Kier alpha value is -3.32. The fraction of sp³-hybridized carbons (Fsp3) is 0. The third kappa shape index (κ3) is 2.93. The molecule has 1 aliphatic rings. The predicted molar refractivity (Wildman–Crippen MR) is 110 cm³/mol. The lowest BCUT2D eigenvalue weighted by Gasteiger charge is -2.25. The molecule has 0 saturated heterocycles. The van der Waals surface area contributed by atoms with Crippen molar-refractivity contribution in [2.75, 3.05) is 10.6 Å². The molecule has 0 aliphatic carbocycles. The van der Waals surface area contributed by atoms with Crippen LogP contribution in [0.15, 0.2) is 58.3 Å². The zero-order chi connectivity index (χ0) is 21.3. The largest absolute Gasteiger partial charge is 0.352 e. The predicted octanol–water partition coefficient (Wildman–Crippen LogP) is 3.08. The second-order valence-electron chi connectivity index (χ2n) is 6.62. The van der Waals surface area contributed by atoms with Crippen LogP contribution in [-0.4, -0.2) is 35.9 Å². The molecule has 5 rings (SSSR count). The Balaban J connectivity index is 1.86. The highest BCUT2D eigenvalue weighted by molar-refractivity contribution is 7.86. The molecule has 12 heteroatoms. The van der Waals surface area contributed by atoms with Gasteiger partial charge in [0.2, 0.25) is 0 Å². The fourth-order valence-corrected chi connectivity index (χ4v) is 4.69. The van der Waals surface area contributed by atoms with Gasteiger partial charge in [0.25, 0.3) is 20.2 Å². The maximum absolute atomic E-state index is 12.3. The molecule has 2 heterocycles. The molecule has 0 radical (unpaired) electrons. The molecular formula is C18H12N4O6S2. The molecule has 4 N–H and O–H groups in total. The number of nitrogens with one attached hydrogen (secondary N) is 2. The van der Waals surface area contributed by atoms with E-state index in [1.54, 1.807) is 24.3 Å². The minimum absolute atomic E-state index is 0.0339. The summed E-state index contributed by atoms with van der Waals surface area (Å²) in [7, 11) is -9.24. The highest BCUT2D eigenvalue weighted by atomic mass is 32.2. The molecule has 10 nitrogen and oxygen atoms in total. The summed E-state index contributed by atoms with van der Waals surface area (Å²) in [4.78, 5) is 7.68. The van der Waals surface area contributed by atoms with E-state index in [0.717, 1.165) is 12.1 Å². The lowest BCUT2D eigenvalue weighted by Crippen LogP contribution is -2.12. The summed E-state index contributed by atoms with van der Waals surface area (Å²) in [5.41, 5.74) is 2.09. The normalized spacial score (nSPS) is 13.4. The molecule has 0 unspecified atom stereocenters. The summed E-state index contributed by atoms with van der Waals surface area (Å²) < 4.78 is 66.6. The van der Waals surface area contributed by atoms with Crippen LogP contribution in [0.4, 0.5) is 22.7 Å². The van der Waals surface area contributed by atoms with E-state index in [4.69, 9.17) is 0 Å². The lowest BCUT2D eigenvalue weighted by molar-refractivity contribution is 0.481. The minimum atomic E-state index is -4.75. The molecule has 0 fully saturated rings. The Labute approximate surface area is 170 Å². The second kappa shape index (κ2) is 6.09. The van der Waals surface area contributed by atoms with Crippen LogP contribution in [0.3, 0.4) is 0 Å². The quantitative estimate of drug-likeness (QED) is 0.235. The lowest BCUT2D eigenvalue weighted by atomic mass is 10.1. The van der Waals surface area contributed by atoms with Crippen molar-refractivity contribution in [3.8, 4) is 0 Å². The number of para-hydroxylation sites is 2. The van der Waals surface area contributed by atoms with E-state index in [1.807, 2.05) is 6.07 Å². The van der Waals surface area contributed by atoms with Gasteiger partial charge in [-0.1, -0.05) is 12.1 Å². The molecule has 1 aliphatic heterocycles. The number of nitrogens with zero attached hydrogens (tertiary/aromatic N) is 2. The molecule has 4 aromatic rings. The van der Waals surface area contributed by atoms with E-state index in [2.05, 4.69) is 20.6 Å². The van der Waals surface area contributed by atoms with E-state index in [-0.39, 0.29) is 27.8 Å². The number of fused-ring (bicyclic) bond motifs is 4. The first-order chi connectivity index (χ1) is 14.1. The highest BCUT2D eigenvalue weighted by Crippen LogP contribution is 2.44. The number of benzene rings is 3. The van der Waals surface area contributed by atoms with Crippen LogP contribution in [0.5, 0.6) is 0 Å². The molecule has 1 aromatic heterocycles. The number of hydrogen-bond donors (Lipinski definition) is 4. The summed E-state index contributed by atoms with van der Waals surface area (Å²) in [6.45, 7) is 0. The third-order valence-electron chi connectivity index (χ3n) is 4.67. The van der Waals surface area contributed by atoms with Gasteiger partial charge in [-0.15, -0.1) is 0 Å². The Kier molecular flexibility index (Phi) is 3.79. The van der Waals surface area contributed by atoms with E-state index in [9.17, 15) is 25.9 Å². The minimum Gasteiger partial charge on any atom is -0.352 e. The molecule has 0 spiro atoms. The van der Waals surface area contributed by atoms with Gasteiger partial charge >= 0.3 is 0 Å². The summed E-state index contributed by atoms with van der Waals surface area (Å²) in [5.74, 6) is 0. The summed E-state index contributed by atoms with van der Waals surface area (Å²) in [6, 6.07) is 12.3. The average Bonchev–Trinajstić information content (AvgIpc) is 2.67. The zero-order valence-electron chi connectivity index (χ0n) is 14.9. The first-order valence-electron chi connectivity index (χ1n) is 8.48. The Bertz CT molecular complexity index is 1600. The van der Waals surface area contributed by atoms with Gasteiger partial charge in [-0.2, -0.15) is 16.8 Å². The molecule has 3 aromatic carbocycles. The molecular weight excluding hydrogens is 432 g/mol. The average molecular weight is 444 g/mol. The van der Waals surface area contributed by atoms with Crippen molar-refractivity contribution in [3.05, 3.63) is 48.5 Å². The highest BCUT2D eigenvalue weighted by Gasteiger charge is 2.28. The van der Waals surface area contributed by atoms with Crippen LogP contribution < -0.4 is 10.6 Å². The topological polar surface area (TPSA) is 159 Å². The molecule has 0 saturated carbocycles. The van der Waals surface area contributed by atoms with Gasteiger partial charge in [-0.25, -0.2) is 9.97 Å². The zero-order valence-corrected chi connectivity index (χ0v) is 16.5. The molecule has 0 amide bonds. The third-order valence-corrected chi connectivity index (χ3v) is 6.43. The summed E-state index contributed by atoms with van der Waals surface area (Å²) >= 11 is 0. The molecule has 152 valence electrons. The van der Waals surface area contributed by atoms with Crippen LogP contribution in [0, 0.1) is 0 Å². The Morgan fingerprint density at radius 2 is 1.40 bits per heavy atom. The van der Waals surface area contributed by atoms with E-state index >= 15 is 0 Å². The van der Waals surface area contributed by atoms with Crippen LogP contribution in [0.1, 0.15) is 0 Å². The van der Waals surface area contributed by atoms with Crippen LogP contribution >= 0.6 is 0 Å². The van der Waals surface area contributed by atoms with Crippen LogP contribution in [-0.2, 0) is 20.2 Å². The van der Waals surface area contributed by atoms with Crippen molar-refractivity contribution in [1.29, 1.82) is 0 Å². The van der Waals surface area contributed by atoms with Crippen molar-refractivity contribution in [2.24, 2.45) is 0 Å². The molecule has 0 bridgehead atoms. The van der Waals surface area contributed by atoms with E-state index in [0.29, 0.717) is 17.1 Å². The summed E-state index contributed by atoms with van der Waals surface area (Å²) in [6.07, 6.45) is 0. The van der Waals surface area contributed by atoms with Crippen LogP contribution in [0.25, 0.3) is 22.1 Å². The van der Waals surface area contributed by atoms with Crippen molar-refractivity contribution in [1.82, 2.24) is 9.97 Å². The standard InChI is InChI=1S/C18H12N4O6S2/c23-29(24,25)9-5-6-12-13(7-9)22-17-15(20-12)8-14-16(18(17)30(26,27)28)21-11-4-2-1-3-10(11)19-14/h1-8,19,21H,(H,23,24,25)(H,26,27,28). The Morgan fingerprint density at radius 3 is 2.07 bits per heavy atom. The first-order valence-corrected chi connectivity index (χ1v) is 11.4. The first kappa shape index (κ1) is 18.7. The van der Waals surface area contributed by atoms with Gasteiger partial charge in [-0.05, 0) is 36.4 Å². The molecule has 0 atom stereocenters. The van der Waals surface area contributed by atoms with E-state index in [1.165, 1.54) is 6.07 Å². The number of hydrogen-bond acceptors (Lipinski definition) is 8. The van der Waals surface area contributed by atoms with Gasteiger partial charge < -0.3 is 10.6 Å². The number of anilines is 4. The maximum Gasteiger partial charge on any atom is 0.298 e. The molecule has 30 heavy (non-hydrogen) atoms. The SMILES string of the molecule is O=S(=O)(O)c1ccc2nc3cc4c(c(S(=O)(=O)O)c3nc2c1)Nc1ccccc1N4. The smallest absolute Gasteiger partial charge is 0.298 e. The van der Waals surface area contributed by atoms with Crippen LogP contribution in [0.2, 0.25) is 0 Å². The maximum atomic E-state index is 12.3. The summed E-state index contributed by atoms with van der Waals surface area (Å²) in [5, 5.41) is 6.09. The Morgan fingerprint density at radius 1 is 0.700 bits per heavy atom. The second-order valence-corrected chi connectivity index (χ2v) is 9.40. The van der Waals surface area contributed by atoms with Gasteiger partial charge in [0.15, 0.2) is 0 Å². The van der Waals surface area contributed by atoms with Gasteiger partial charge in [0, 0.05) is 0 Å². The van der Waals surface area contributed by atoms with Gasteiger partial charge in [0.1, 0.15) is 10.4 Å². The van der Waals surface area contributed by atoms with E-state index < -0.39 is 30.0 Å².